The number of imidazole rings is 1. The zero-order chi connectivity index (χ0) is 11.8. The number of aromatic nitrogens is 3. The molecule has 84 valence electrons. The number of hydrogen-bond donors (Lipinski definition) is 0. The zero-order valence-electron chi connectivity index (χ0n) is 8.64. The van der Waals surface area contributed by atoms with E-state index in [1.807, 2.05) is 28.8 Å². The number of benzene rings is 1. The molecule has 0 N–H and O–H groups in total. The second-order valence-corrected chi connectivity index (χ2v) is 4.41. The summed E-state index contributed by atoms with van der Waals surface area (Å²) in [5, 5.41) is 1.02. The average molecular weight is 264 g/mol. The molecule has 0 aliphatic carbocycles. The van der Waals surface area contributed by atoms with Gasteiger partial charge in [0.15, 0.2) is 5.82 Å². The van der Waals surface area contributed by atoms with Gasteiger partial charge in [-0.3, -0.25) is 4.57 Å². The first-order chi connectivity index (χ1) is 8.25. The van der Waals surface area contributed by atoms with Gasteiger partial charge in [0.2, 0.25) is 0 Å². The SMILES string of the molecule is Clc1cnc(-n2cnc3ccccc32)c(Cl)c1. The van der Waals surface area contributed by atoms with Crippen molar-refractivity contribution in [3.63, 3.8) is 0 Å². The normalized spacial score (nSPS) is 10.9. The van der Waals surface area contributed by atoms with Crippen molar-refractivity contribution in [1.29, 1.82) is 0 Å². The van der Waals surface area contributed by atoms with E-state index in [2.05, 4.69) is 9.97 Å². The molecule has 0 radical (unpaired) electrons. The van der Waals surface area contributed by atoms with Crippen LogP contribution in [-0.2, 0) is 0 Å². The molecule has 0 amide bonds. The van der Waals surface area contributed by atoms with Crippen molar-refractivity contribution >= 4 is 34.2 Å². The van der Waals surface area contributed by atoms with Gasteiger partial charge < -0.3 is 0 Å². The summed E-state index contributed by atoms with van der Waals surface area (Å²) in [5.74, 6) is 0.629. The molecular weight excluding hydrogens is 257 g/mol. The Morgan fingerprint density at radius 3 is 2.71 bits per heavy atom. The number of halogens is 2. The summed E-state index contributed by atoms with van der Waals surface area (Å²) in [6.45, 7) is 0. The van der Waals surface area contributed by atoms with E-state index in [9.17, 15) is 0 Å². The number of hydrogen-bond acceptors (Lipinski definition) is 2. The van der Waals surface area contributed by atoms with Gasteiger partial charge in [0.05, 0.1) is 21.1 Å². The van der Waals surface area contributed by atoms with Crippen LogP contribution >= 0.6 is 23.2 Å². The highest BCUT2D eigenvalue weighted by Crippen LogP contribution is 2.24. The first-order valence-corrected chi connectivity index (χ1v) is 5.75. The molecule has 2 aromatic heterocycles. The molecule has 3 nitrogen and oxygen atoms in total. The van der Waals surface area contributed by atoms with Gasteiger partial charge in [-0.15, -0.1) is 0 Å². The summed E-state index contributed by atoms with van der Waals surface area (Å²) in [4.78, 5) is 8.52. The number of para-hydroxylation sites is 2. The summed E-state index contributed by atoms with van der Waals surface area (Å²) in [6.07, 6.45) is 3.27. The molecule has 0 unspecified atom stereocenters. The number of rotatable bonds is 1. The molecule has 0 saturated carbocycles. The van der Waals surface area contributed by atoms with Crippen LogP contribution in [-0.4, -0.2) is 14.5 Å². The maximum absolute atomic E-state index is 6.13. The molecule has 0 aliphatic heterocycles. The van der Waals surface area contributed by atoms with Crippen LogP contribution in [0.4, 0.5) is 0 Å². The molecule has 0 spiro atoms. The molecule has 3 aromatic rings. The Morgan fingerprint density at radius 1 is 1.06 bits per heavy atom. The Kier molecular flexibility index (Phi) is 2.50. The molecule has 2 heterocycles. The molecule has 0 saturated heterocycles. The van der Waals surface area contributed by atoms with Gasteiger partial charge in [-0.05, 0) is 18.2 Å². The van der Waals surface area contributed by atoms with Crippen LogP contribution in [0.15, 0.2) is 42.9 Å². The molecule has 0 fully saturated rings. The predicted molar refractivity (Wildman–Crippen MR) is 68.9 cm³/mol. The summed E-state index contributed by atoms with van der Waals surface area (Å²) >= 11 is 12.0. The first-order valence-electron chi connectivity index (χ1n) is 4.99. The average Bonchev–Trinajstić information content (AvgIpc) is 2.73. The molecule has 0 atom stereocenters. The van der Waals surface area contributed by atoms with Crippen molar-refractivity contribution in [2.24, 2.45) is 0 Å². The lowest BCUT2D eigenvalue weighted by Crippen LogP contribution is -1.96. The van der Waals surface area contributed by atoms with E-state index >= 15 is 0 Å². The van der Waals surface area contributed by atoms with E-state index < -0.39 is 0 Å². The first kappa shape index (κ1) is 10.6. The maximum Gasteiger partial charge on any atom is 0.157 e. The summed E-state index contributed by atoms with van der Waals surface area (Å²) in [5.41, 5.74) is 1.87. The van der Waals surface area contributed by atoms with Crippen molar-refractivity contribution in [1.82, 2.24) is 14.5 Å². The van der Waals surface area contributed by atoms with Gasteiger partial charge in [0, 0.05) is 6.20 Å². The minimum Gasteiger partial charge on any atom is -0.282 e. The number of fused-ring (bicyclic) bond motifs is 1. The highest BCUT2D eigenvalue weighted by Gasteiger charge is 2.09. The molecule has 17 heavy (non-hydrogen) atoms. The van der Waals surface area contributed by atoms with Gasteiger partial charge in [-0.1, -0.05) is 35.3 Å². The maximum atomic E-state index is 6.13. The van der Waals surface area contributed by atoms with Crippen LogP contribution in [0.5, 0.6) is 0 Å². The Bertz CT molecular complexity index is 691. The predicted octanol–water partition coefficient (Wildman–Crippen LogP) is 3.73. The molecule has 0 bridgehead atoms. The Balaban J connectivity index is 2.27. The lowest BCUT2D eigenvalue weighted by Gasteiger charge is -2.05. The van der Waals surface area contributed by atoms with Gasteiger partial charge in [0.1, 0.15) is 6.33 Å². The minimum absolute atomic E-state index is 0.501. The second kappa shape index (κ2) is 4.02. The fourth-order valence-electron chi connectivity index (χ4n) is 1.71. The Hall–Kier alpha value is -1.58. The van der Waals surface area contributed by atoms with Gasteiger partial charge in [-0.25, -0.2) is 9.97 Å². The topological polar surface area (TPSA) is 30.7 Å². The quantitative estimate of drug-likeness (QED) is 0.670. The van der Waals surface area contributed by atoms with Crippen molar-refractivity contribution in [3.05, 3.63) is 52.9 Å². The molecule has 1 aromatic carbocycles. The standard InChI is InChI=1S/C12H7Cl2N3/c13-8-5-9(14)12(15-6-8)17-7-16-10-3-1-2-4-11(10)17/h1-7H. The second-order valence-electron chi connectivity index (χ2n) is 3.56. The number of pyridine rings is 1. The van der Waals surface area contributed by atoms with Crippen molar-refractivity contribution in [2.75, 3.05) is 0 Å². The van der Waals surface area contributed by atoms with Crippen LogP contribution in [0.1, 0.15) is 0 Å². The highest BCUT2D eigenvalue weighted by atomic mass is 35.5. The third-order valence-electron chi connectivity index (χ3n) is 2.47. The lowest BCUT2D eigenvalue weighted by molar-refractivity contribution is 1.02. The lowest BCUT2D eigenvalue weighted by atomic mass is 10.3. The largest absolute Gasteiger partial charge is 0.282 e. The zero-order valence-corrected chi connectivity index (χ0v) is 10.2. The molecular formula is C12H7Cl2N3. The summed E-state index contributed by atoms with van der Waals surface area (Å²) in [7, 11) is 0. The van der Waals surface area contributed by atoms with Crippen LogP contribution in [0.25, 0.3) is 16.9 Å². The van der Waals surface area contributed by atoms with E-state index in [1.165, 1.54) is 0 Å². The van der Waals surface area contributed by atoms with Crippen LogP contribution in [0, 0.1) is 0 Å². The smallest absolute Gasteiger partial charge is 0.157 e. The van der Waals surface area contributed by atoms with E-state index in [0.717, 1.165) is 11.0 Å². The van der Waals surface area contributed by atoms with Crippen LogP contribution in [0.2, 0.25) is 10.0 Å². The molecule has 3 rings (SSSR count). The van der Waals surface area contributed by atoms with Gasteiger partial charge >= 0.3 is 0 Å². The van der Waals surface area contributed by atoms with Crippen LogP contribution < -0.4 is 0 Å². The van der Waals surface area contributed by atoms with E-state index in [0.29, 0.717) is 15.9 Å². The van der Waals surface area contributed by atoms with Gasteiger partial charge in [-0.2, -0.15) is 0 Å². The van der Waals surface area contributed by atoms with Crippen molar-refractivity contribution in [3.8, 4) is 5.82 Å². The highest BCUT2D eigenvalue weighted by molar-refractivity contribution is 6.35. The minimum atomic E-state index is 0.501. The fourth-order valence-corrected chi connectivity index (χ4v) is 2.18. The summed E-state index contributed by atoms with van der Waals surface area (Å²) < 4.78 is 1.84. The van der Waals surface area contributed by atoms with Crippen LogP contribution in [0.3, 0.4) is 0 Å². The number of nitrogens with zero attached hydrogens (tertiary/aromatic N) is 3. The monoisotopic (exact) mass is 263 g/mol. The third-order valence-corrected chi connectivity index (χ3v) is 2.95. The van der Waals surface area contributed by atoms with Crippen molar-refractivity contribution < 1.29 is 0 Å². The van der Waals surface area contributed by atoms with E-state index in [-0.39, 0.29) is 0 Å². The Labute approximate surface area is 108 Å². The molecule has 0 aliphatic rings. The van der Waals surface area contributed by atoms with Crippen molar-refractivity contribution in [2.45, 2.75) is 0 Å². The molecule has 5 heteroatoms. The third kappa shape index (κ3) is 1.77. The summed E-state index contributed by atoms with van der Waals surface area (Å²) in [6, 6.07) is 9.46. The fraction of sp³-hybridized carbons (Fsp3) is 0. The van der Waals surface area contributed by atoms with Gasteiger partial charge in [0.25, 0.3) is 0 Å². The Morgan fingerprint density at radius 2 is 1.88 bits per heavy atom. The van der Waals surface area contributed by atoms with E-state index in [4.69, 9.17) is 23.2 Å². The van der Waals surface area contributed by atoms with E-state index in [1.54, 1.807) is 18.6 Å².